The molecular weight excluding hydrogens is 882 g/mol. The van der Waals surface area contributed by atoms with Crippen molar-refractivity contribution in [2.45, 2.75) is 84.2 Å². The summed E-state index contributed by atoms with van der Waals surface area (Å²) in [6.45, 7) is 10.8. The average Bonchev–Trinajstić information content (AvgIpc) is 3.40. The van der Waals surface area contributed by atoms with Crippen molar-refractivity contribution in [3.63, 3.8) is 0 Å². The Labute approximate surface area is 283 Å². The Morgan fingerprint density at radius 2 is 1.18 bits per heavy atom. The molecule has 2 aromatic rings. The van der Waals surface area contributed by atoms with E-state index in [0.717, 1.165) is 16.4 Å². The van der Waals surface area contributed by atoms with Crippen LogP contribution in [0.1, 0.15) is 67.2 Å². The van der Waals surface area contributed by atoms with Gasteiger partial charge in [0.15, 0.2) is 9.11 Å². The van der Waals surface area contributed by atoms with Crippen LogP contribution in [0.15, 0.2) is 48.5 Å². The average molecular weight is 921 g/mol. The molecule has 0 radical (unpaired) electrons. The van der Waals surface area contributed by atoms with E-state index >= 15 is 0 Å². The molecule has 0 atom stereocenters. The monoisotopic (exact) mass is 920 g/mol. The van der Waals surface area contributed by atoms with E-state index in [2.05, 4.69) is 0 Å². The molecule has 44 heavy (non-hydrogen) atoms. The van der Waals surface area contributed by atoms with Crippen LogP contribution in [0.2, 0.25) is 0 Å². The van der Waals surface area contributed by atoms with Crippen LogP contribution in [-0.4, -0.2) is 57.6 Å². The van der Waals surface area contributed by atoms with Gasteiger partial charge in [-0.1, -0.05) is 20.7 Å². The molecule has 240 valence electrons. The molecule has 0 amide bonds. The van der Waals surface area contributed by atoms with E-state index in [1.165, 1.54) is 3.27 Å². The van der Waals surface area contributed by atoms with Gasteiger partial charge in [0.25, 0.3) is 5.79 Å². The molecule has 12 heteroatoms. The second kappa shape index (κ2) is 15.6. The first kappa shape index (κ1) is 35.9. The summed E-state index contributed by atoms with van der Waals surface area (Å²) in [5.41, 5.74) is -2.07. The summed E-state index contributed by atoms with van der Waals surface area (Å²) in [5, 5.41) is 0. The Morgan fingerprint density at radius 3 is 1.59 bits per heavy atom. The molecule has 0 N–H and O–H groups in total. The topological polar surface area (TPSA) is 124 Å². The van der Waals surface area contributed by atoms with Crippen LogP contribution in [0.3, 0.4) is 0 Å². The molecule has 1 heterocycles. The summed E-state index contributed by atoms with van der Waals surface area (Å²) in [6.07, 6.45) is 2.90. The third-order valence-corrected chi connectivity index (χ3v) is 10.1. The number of halogens is 1. The van der Waals surface area contributed by atoms with Crippen LogP contribution >= 0.6 is 20.7 Å². The zero-order chi connectivity index (χ0) is 32.5. The second-order valence-corrected chi connectivity index (χ2v) is 15.4. The van der Waals surface area contributed by atoms with Crippen molar-refractivity contribution < 1.29 is 72.3 Å². The molecule has 2 aliphatic rings. The van der Waals surface area contributed by atoms with Crippen LogP contribution in [0, 0.1) is 28.3 Å². The van der Waals surface area contributed by atoms with Crippen molar-refractivity contribution in [3.05, 3.63) is 52.1 Å². The molecule has 4 rings (SSSR count). The number of hydrogen-bond acceptors (Lipinski definition) is 10. The van der Waals surface area contributed by atoms with Crippen LogP contribution in [0.4, 0.5) is 0 Å². The Kier molecular flexibility index (Phi) is 12.7. The number of carbonyl (C=O) groups excluding carboxylic acids is 4. The molecule has 2 fully saturated rings. The standard InChI is InChI=1S/C20H23IO7.C12H15AtO3/c1-4-25-18(24)19(2,3)26-14-9-7-13(8-10-14)21-15-16(22)27-20(28-17(15)23)11-5-6-12-20;1-4-15-11(14)12(2,3)16-10-7-5-9(13)6-8-10/h7-10H,4-6,11-12H2,1-3H3;5-8H,4H2,1-3H3/i;13+1. The molecule has 1 saturated heterocycles. The number of ether oxygens (including phenoxy) is 6. The van der Waals surface area contributed by atoms with Crippen LogP contribution in [0.25, 0.3) is 0 Å². The summed E-state index contributed by atoms with van der Waals surface area (Å²) in [6, 6.07) is 14.6. The summed E-state index contributed by atoms with van der Waals surface area (Å²) in [4.78, 5) is 48.2. The van der Waals surface area contributed by atoms with E-state index in [1.54, 1.807) is 90.5 Å². The zero-order valence-corrected chi connectivity index (χ0v) is 30.8. The summed E-state index contributed by atoms with van der Waals surface area (Å²) < 4.78 is 34.3. The minimum absolute atomic E-state index is 0.0943. The predicted molar refractivity (Wildman–Crippen MR) is 166 cm³/mol. The van der Waals surface area contributed by atoms with Gasteiger partial charge in [-0.3, -0.25) is 0 Å². The summed E-state index contributed by atoms with van der Waals surface area (Å²) in [5.74, 6) is -1.79. The number of hydrogen-bond donors (Lipinski definition) is 0. The Bertz CT molecular complexity index is 1340. The van der Waals surface area contributed by atoms with Gasteiger partial charge in [0.2, 0.25) is 0 Å². The molecule has 1 aliphatic carbocycles. The van der Waals surface area contributed by atoms with E-state index in [0.29, 0.717) is 30.9 Å². The number of benzene rings is 2. The molecule has 0 bridgehead atoms. The summed E-state index contributed by atoms with van der Waals surface area (Å²) in [7, 11) is 0. The molecule has 1 aliphatic heterocycles. The van der Waals surface area contributed by atoms with Gasteiger partial charge in [0, 0.05) is 16.4 Å². The van der Waals surface area contributed by atoms with Crippen molar-refractivity contribution in [2.75, 3.05) is 13.2 Å². The van der Waals surface area contributed by atoms with Gasteiger partial charge in [-0.2, -0.15) is 0 Å². The second-order valence-electron chi connectivity index (χ2n) is 10.9. The van der Waals surface area contributed by atoms with Crippen LogP contribution < -0.4 is 12.7 Å². The summed E-state index contributed by atoms with van der Waals surface area (Å²) >= 11 is 0.553. The third-order valence-electron chi connectivity index (χ3n) is 6.39. The molecule has 1 spiro atoms. The van der Waals surface area contributed by atoms with Gasteiger partial charge in [0.1, 0.15) is 5.75 Å². The molecule has 0 unspecified atom stereocenters. The normalized spacial score (nSPS) is 15.8. The minimum atomic E-state index is -1.12. The first-order valence-corrected chi connectivity index (χ1v) is 17.9. The maximum absolute atomic E-state index is 12.4. The van der Waals surface area contributed by atoms with Gasteiger partial charge in [0.05, 0.1) is 6.61 Å². The molecule has 0 aromatic heterocycles. The zero-order valence-electron chi connectivity index (χ0n) is 25.7. The quantitative estimate of drug-likeness (QED) is 0.199. The van der Waals surface area contributed by atoms with Crippen LogP contribution in [0.5, 0.6) is 11.5 Å². The first-order chi connectivity index (χ1) is 20.7. The van der Waals surface area contributed by atoms with Gasteiger partial charge in [-0.15, -0.1) is 0 Å². The number of rotatable bonds is 9. The van der Waals surface area contributed by atoms with Crippen LogP contribution in [-0.2, 0) is 38.1 Å². The molecule has 10 nitrogen and oxygen atoms in total. The van der Waals surface area contributed by atoms with Gasteiger partial charge < -0.3 is 18.9 Å². The van der Waals surface area contributed by atoms with Gasteiger partial charge in [-0.25, -0.2) is 14.4 Å². The molecule has 1 saturated carbocycles. The molecule has 2 aromatic carbocycles. The Hall–Kier alpha value is -2.60. The van der Waals surface area contributed by atoms with E-state index in [-0.39, 0.29) is 16.1 Å². The third kappa shape index (κ3) is 9.96. The first-order valence-electron chi connectivity index (χ1n) is 14.3. The predicted octanol–water partition coefficient (Wildman–Crippen LogP) is 4.67. The fourth-order valence-corrected chi connectivity index (χ4v) is 6.68. The van der Waals surface area contributed by atoms with E-state index in [1.807, 2.05) is 24.3 Å². The Balaban J connectivity index is 0.000000281. The SMILES string of the molecule is CCOC(=O)C(C)(C)Oc1ccc(I=C2C(=O)OC3(CCCC3)OC2=O)cc1.CCOC(=O)C(C)(C)Oc1ccc([211At])cc1. The number of esters is 4. The Morgan fingerprint density at radius 1 is 0.773 bits per heavy atom. The van der Waals surface area contributed by atoms with Crippen molar-refractivity contribution in [2.24, 2.45) is 0 Å². The van der Waals surface area contributed by atoms with Crippen molar-refractivity contribution in [1.29, 1.82) is 0 Å². The number of carbonyl (C=O) groups is 4. The van der Waals surface area contributed by atoms with Gasteiger partial charge in [-0.05, 0) is 57.9 Å². The fraction of sp³-hybridized carbons (Fsp3) is 0.469. The maximum atomic E-state index is 12.4. The fourth-order valence-electron chi connectivity index (χ4n) is 4.19. The van der Waals surface area contributed by atoms with E-state index in [9.17, 15) is 19.2 Å². The van der Waals surface area contributed by atoms with Gasteiger partial charge >= 0.3 is 129 Å². The van der Waals surface area contributed by atoms with Crippen molar-refractivity contribution >= 4 is 51.4 Å². The van der Waals surface area contributed by atoms with Crippen molar-refractivity contribution in [3.8, 4) is 11.5 Å². The molecular formula is C32H38AtIO10. The van der Waals surface area contributed by atoms with Crippen molar-refractivity contribution in [1.82, 2.24) is 0 Å². The van der Waals surface area contributed by atoms with E-state index < -0.39 is 55.6 Å². The van der Waals surface area contributed by atoms with E-state index in [4.69, 9.17) is 28.4 Å².